The number of amides is 2. The van der Waals surface area contributed by atoms with Gasteiger partial charge < -0.3 is 19.6 Å². The first-order valence-corrected chi connectivity index (χ1v) is 8.54. The second-order valence-corrected chi connectivity index (χ2v) is 6.74. The Labute approximate surface area is 150 Å². The van der Waals surface area contributed by atoms with Crippen LogP contribution in [-0.4, -0.2) is 60.1 Å². The smallest absolute Gasteiger partial charge is 0.306 e. The molecule has 2 aliphatic heterocycles. The average molecular weight is 364 g/mol. The van der Waals surface area contributed by atoms with E-state index in [0.29, 0.717) is 6.54 Å². The SMILES string of the molecule is Cc1ccc(N2CC(C(=O)N3CCOC(CC(=O)O)C3)CC2=O)c(F)c1. The Balaban J connectivity index is 1.68. The lowest BCUT2D eigenvalue weighted by Crippen LogP contribution is -2.48. The van der Waals surface area contributed by atoms with Crippen LogP contribution in [0, 0.1) is 18.7 Å². The minimum atomic E-state index is -0.985. The zero-order chi connectivity index (χ0) is 18.8. The number of halogens is 1. The minimum absolute atomic E-state index is 0.0209. The maximum absolute atomic E-state index is 14.2. The van der Waals surface area contributed by atoms with E-state index in [9.17, 15) is 18.8 Å². The summed E-state index contributed by atoms with van der Waals surface area (Å²) in [6, 6.07) is 4.63. The normalized spacial score (nSPS) is 23.4. The standard InChI is InChI=1S/C18H21FN2O5/c1-11-2-3-15(14(19)6-11)21-9-12(7-16(21)22)18(25)20-4-5-26-13(10-20)8-17(23)24/h2-3,6,12-13H,4-5,7-10H2,1H3,(H,23,24). The molecule has 0 aliphatic carbocycles. The molecule has 7 nitrogen and oxygen atoms in total. The van der Waals surface area contributed by atoms with Crippen molar-refractivity contribution in [3.05, 3.63) is 29.6 Å². The number of morpholine rings is 1. The third kappa shape index (κ3) is 3.85. The van der Waals surface area contributed by atoms with Crippen LogP contribution in [0.15, 0.2) is 18.2 Å². The van der Waals surface area contributed by atoms with Crippen molar-refractivity contribution in [2.75, 3.05) is 31.1 Å². The molecule has 1 aromatic rings. The van der Waals surface area contributed by atoms with E-state index in [1.54, 1.807) is 24.0 Å². The van der Waals surface area contributed by atoms with Crippen molar-refractivity contribution < 1.29 is 28.6 Å². The third-order valence-electron chi connectivity index (χ3n) is 4.72. The van der Waals surface area contributed by atoms with E-state index in [0.717, 1.165) is 5.56 Å². The van der Waals surface area contributed by atoms with Gasteiger partial charge in [0.05, 0.1) is 30.7 Å². The highest BCUT2D eigenvalue weighted by Gasteiger charge is 2.39. The zero-order valence-corrected chi connectivity index (χ0v) is 14.5. The Morgan fingerprint density at radius 1 is 1.35 bits per heavy atom. The molecule has 3 rings (SSSR count). The minimum Gasteiger partial charge on any atom is -0.481 e. The van der Waals surface area contributed by atoms with Crippen LogP contribution in [-0.2, 0) is 19.1 Å². The number of hydrogen-bond acceptors (Lipinski definition) is 4. The first-order valence-electron chi connectivity index (χ1n) is 8.54. The summed E-state index contributed by atoms with van der Waals surface area (Å²) in [6.45, 7) is 2.70. The van der Waals surface area contributed by atoms with Crippen molar-refractivity contribution in [3.63, 3.8) is 0 Å². The average Bonchev–Trinajstić information content (AvgIpc) is 2.95. The van der Waals surface area contributed by atoms with Crippen molar-refractivity contribution >= 4 is 23.5 Å². The van der Waals surface area contributed by atoms with E-state index in [4.69, 9.17) is 9.84 Å². The maximum Gasteiger partial charge on any atom is 0.306 e. The molecule has 26 heavy (non-hydrogen) atoms. The van der Waals surface area contributed by atoms with Crippen molar-refractivity contribution in [2.24, 2.45) is 5.92 Å². The third-order valence-corrected chi connectivity index (χ3v) is 4.72. The van der Waals surface area contributed by atoms with E-state index >= 15 is 0 Å². The van der Waals surface area contributed by atoms with Gasteiger partial charge in [0.15, 0.2) is 0 Å². The summed E-state index contributed by atoms with van der Waals surface area (Å²) in [5.41, 5.74) is 0.935. The summed E-state index contributed by atoms with van der Waals surface area (Å²) in [4.78, 5) is 38.7. The molecule has 140 valence electrons. The molecule has 8 heteroatoms. The van der Waals surface area contributed by atoms with E-state index in [2.05, 4.69) is 0 Å². The maximum atomic E-state index is 14.2. The molecule has 2 aliphatic rings. The first kappa shape index (κ1) is 18.3. The molecule has 2 amide bonds. The summed E-state index contributed by atoms with van der Waals surface area (Å²) in [5, 5.41) is 8.87. The lowest BCUT2D eigenvalue weighted by Gasteiger charge is -2.33. The van der Waals surface area contributed by atoms with Gasteiger partial charge >= 0.3 is 5.97 Å². The summed E-state index contributed by atoms with van der Waals surface area (Å²) in [7, 11) is 0. The number of carbonyl (C=O) groups is 3. The van der Waals surface area contributed by atoms with E-state index in [1.165, 1.54) is 11.0 Å². The molecule has 2 saturated heterocycles. The molecule has 2 heterocycles. The van der Waals surface area contributed by atoms with Gasteiger partial charge in [0.2, 0.25) is 11.8 Å². The Bertz CT molecular complexity index is 738. The number of aliphatic carboxylic acids is 1. The number of anilines is 1. The molecule has 0 saturated carbocycles. The summed E-state index contributed by atoms with van der Waals surface area (Å²) in [5.74, 6) is -2.54. The van der Waals surface area contributed by atoms with Crippen LogP contribution in [0.3, 0.4) is 0 Å². The molecule has 0 bridgehead atoms. The number of rotatable bonds is 4. The first-order chi connectivity index (χ1) is 12.3. The monoisotopic (exact) mass is 364 g/mol. The second kappa shape index (κ2) is 7.41. The fraction of sp³-hybridized carbons (Fsp3) is 0.500. The summed E-state index contributed by atoms with van der Waals surface area (Å²) >= 11 is 0. The largest absolute Gasteiger partial charge is 0.481 e. The van der Waals surface area contributed by atoms with Gasteiger partial charge in [-0.15, -0.1) is 0 Å². The number of benzene rings is 1. The van der Waals surface area contributed by atoms with Crippen LogP contribution < -0.4 is 4.90 Å². The molecule has 2 unspecified atom stereocenters. The van der Waals surface area contributed by atoms with Crippen molar-refractivity contribution in [1.82, 2.24) is 4.90 Å². The summed E-state index contributed by atoms with van der Waals surface area (Å²) < 4.78 is 19.5. The Kier molecular flexibility index (Phi) is 5.22. The molecule has 2 fully saturated rings. The molecule has 2 atom stereocenters. The highest BCUT2D eigenvalue weighted by Crippen LogP contribution is 2.29. The molecule has 0 aromatic heterocycles. The number of carboxylic acids is 1. The number of ether oxygens (including phenoxy) is 1. The Hall–Kier alpha value is -2.48. The topological polar surface area (TPSA) is 87.2 Å². The van der Waals surface area contributed by atoms with E-state index in [1.807, 2.05) is 0 Å². The molecule has 1 aromatic carbocycles. The molecular weight excluding hydrogens is 343 g/mol. The van der Waals surface area contributed by atoms with Crippen molar-refractivity contribution in [1.29, 1.82) is 0 Å². The lowest BCUT2D eigenvalue weighted by atomic mass is 10.1. The van der Waals surface area contributed by atoms with Gasteiger partial charge in [-0.3, -0.25) is 14.4 Å². The molecule has 0 radical (unpaired) electrons. The zero-order valence-electron chi connectivity index (χ0n) is 14.5. The number of nitrogens with zero attached hydrogens (tertiary/aromatic N) is 2. The molecular formula is C18H21FN2O5. The predicted octanol–water partition coefficient (Wildman–Crippen LogP) is 1.19. The van der Waals surface area contributed by atoms with Gasteiger partial charge in [-0.25, -0.2) is 4.39 Å². The van der Waals surface area contributed by atoms with Gasteiger partial charge in [0.25, 0.3) is 0 Å². The molecule has 1 N–H and O–H groups in total. The van der Waals surface area contributed by atoms with Crippen molar-refractivity contribution in [2.45, 2.75) is 25.9 Å². The number of hydrogen-bond donors (Lipinski definition) is 1. The van der Waals surface area contributed by atoms with Crippen LogP contribution in [0.1, 0.15) is 18.4 Å². The number of aryl methyl sites for hydroxylation is 1. The molecule has 0 spiro atoms. The van der Waals surface area contributed by atoms with Crippen LogP contribution in [0.5, 0.6) is 0 Å². The lowest BCUT2D eigenvalue weighted by molar-refractivity contribution is -0.149. The van der Waals surface area contributed by atoms with Crippen molar-refractivity contribution in [3.8, 4) is 0 Å². The van der Waals surface area contributed by atoms with Gasteiger partial charge in [0, 0.05) is 26.1 Å². The Morgan fingerprint density at radius 3 is 2.81 bits per heavy atom. The van der Waals surface area contributed by atoms with Gasteiger partial charge in [-0.1, -0.05) is 6.07 Å². The van der Waals surface area contributed by atoms with E-state index in [-0.39, 0.29) is 50.0 Å². The van der Waals surface area contributed by atoms with Gasteiger partial charge in [0.1, 0.15) is 5.82 Å². The number of carboxylic acid groups (broad SMARTS) is 1. The predicted molar refractivity (Wildman–Crippen MR) is 90.2 cm³/mol. The van der Waals surface area contributed by atoms with Crippen LogP contribution in [0.25, 0.3) is 0 Å². The fourth-order valence-electron chi connectivity index (χ4n) is 3.43. The highest BCUT2D eigenvalue weighted by molar-refractivity contribution is 6.00. The fourth-order valence-corrected chi connectivity index (χ4v) is 3.43. The van der Waals surface area contributed by atoms with Crippen LogP contribution in [0.2, 0.25) is 0 Å². The summed E-state index contributed by atoms with van der Waals surface area (Å²) in [6.07, 6.45) is -0.700. The van der Waals surface area contributed by atoms with E-state index < -0.39 is 23.8 Å². The van der Waals surface area contributed by atoms with Crippen LogP contribution in [0.4, 0.5) is 10.1 Å². The quantitative estimate of drug-likeness (QED) is 0.867. The van der Waals surface area contributed by atoms with Crippen LogP contribution >= 0.6 is 0 Å². The van der Waals surface area contributed by atoms with Gasteiger partial charge in [-0.2, -0.15) is 0 Å². The van der Waals surface area contributed by atoms with Gasteiger partial charge in [-0.05, 0) is 24.6 Å². The highest BCUT2D eigenvalue weighted by atomic mass is 19.1. The second-order valence-electron chi connectivity index (χ2n) is 6.74. The number of carbonyl (C=O) groups excluding carboxylic acids is 2. The Morgan fingerprint density at radius 2 is 2.12 bits per heavy atom.